The molecule has 2 aromatic heterocycles. The molecule has 14 heteroatoms. The number of esters is 1. The molecule has 0 N–H and O–H groups in total. The Labute approximate surface area is 183 Å². The maximum absolute atomic E-state index is 12.2. The van der Waals surface area contributed by atoms with Crippen LogP contribution in [0.2, 0.25) is 0 Å². The summed E-state index contributed by atoms with van der Waals surface area (Å²) in [6.07, 6.45) is 0.282. The van der Waals surface area contributed by atoms with E-state index in [1.54, 1.807) is 31.2 Å². The van der Waals surface area contributed by atoms with Crippen LogP contribution in [0.1, 0.15) is 23.1 Å². The zero-order valence-corrected chi connectivity index (χ0v) is 18.4. The normalized spacial score (nSPS) is 9.88. The lowest BCUT2D eigenvalue weighted by molar-refractivity contribution is 0.0600. The standard InChI is InChI=1S/C10H12N6O5S.C8H8O2/c1-4-6-13-16(10(17)15(6)14-22(18)19)9-11-7(20-2)5-8(12-9)21-3;1-10-8(9)7-5-3-2-4-6-7/h5H,4H2,1-3H3;2-6H,1H3. The van der Waals surface area contributed by atoms with Crippen LogP contribution in [-0.2, 0) is 21.7 Å². The molecule has 0 amide bonds. The quantitative estimate of drug-likeness (QED) is 0.476. The molecule has 0 fully saturated rings. The van der Waals surface area contributed by atoms with Crippen LogP contribution in [0.15, 0.2) is 45.7 Å². The second kappa shape index (κ2) is 11.4. The topological polar surface area (TPSA) is 157 Å². The fourth-order valence-electron chi connectivity index (χ4n) is 2.29. The van der Waals surface area contributed by atoms with Gasteiger partial charge in [0, 0.05) is 6.42 Å². The first-order valence-corrected chi connectivity index (χ1v) is 10.0. The maximum Gasteiger partial charge on any atom is 0.375 e. The monoisotopic (exact) mass is 464 g/mol. The average Bonchev–Trinajstić information content (AvgIpc) is 3.13. The molecular weight excluding hydrogens is 444 g/mol. The van der Waals surface area contributed by atoms with Crippen molar-refractivity contribution in [3.05, 3.63) is 58.3 Å². The number of hydrogen-bond acceptors (Lipinski definition) is 11. The minimum absolute atomic E-state index is 0.124. The first-order chi connectivity index (χ1) is 15.3. The van der Waals surface area contributed by atoms with Crippen LogP contribution in [0.4, 0.5) is 0 Å². The number of nitrogens with zero attached hydrogens (tertiary/aromatic N) is 6. The smallest absolute Gasteiger partial charge is 0.375 e. The highest BCUT2D eigenvalue weighted by Gasteiger charge is 2.17. The van der Waals surface area contributed by atoms with Crippen molar-refractivity contribution in [1.29, 1.82) is 0 Å². The van der Waals surface area contributed by atoms with E-state index in [2.05, 4.69) is 24.3 Å². The lowest BCUT2D eigenvalue weighted by Crippen LogP contribution is -2.23. The first-order valence-electron chi connectivity index (χ1n) is 8.97. The van der Waals surface area contributed by atoms with Gasteiger partial charge in [0.2, 0.25) is 11.8 Å². The van der Waals surface area contributed by atoms with Crippen LogP contribution in [0.5, 0.6) is 11.8 Å². The minimum Gasteiger partial charge on any atom is -0.481 e. The molecule has 0 aliphatic heterocycles. The summed E-state index contributed by atoms with van der Waals surface area (Å²) < 4.78 is 40.5. The van der Waals surface area contributed by atoms with Crippen molar-refractivity contribution in [3.63, 3.8) is 0 Å². The van der Waals surface area contributed by atoms with Gasteiger partial charge in [-0.2, -0.15) is 18.4 Å². The summed E-state index contributed by atoms with van der Waals surface area (Å²) in [4.78, 5) is 31.0. The van der Waals surface area contributed by atoms with Gasteiger partial charge in [-0.25, -0.2) is 9.59 Å². The number of ether oxygens (including phenoxy) is 3. The van der Waals surface area contributed by atoms with Crippen molar-refractivity contribution in [2.45, 2.75) is 13.3 Å². The van der Waals surface area contributed by atoms with E-state index in [4.69, 9.17) is 9.47 Å². The molecule has 0 saturated carbocycles. The summed E-state index contributed by atoms with van der Waals surface area (Å²) in [6.45, 7) is 1.69. The van der Waals surface area contributed by atoms with Gasteiger partial charge in [-0.15, -0.1) is 14.5 Å². The molecule has 0 saturated heterocycles. The van der Waals surface area contributed by atoms with E-state index in [-0.39, 0.29) is 35.9 Å². The summed E-state index contributed by atoms with van der Waals surface area (Å²) in [6, 6.07) is 10.3. The first kappa shape index (κ1) is 24.2. The largest absolute Gasteiger partial charge is 0.481 e. The van der Waals surface area contributed by atoms with E-state index in [9.17, 15) is 18.0 Å². The molecule has 0 spiro atoms. The van der Waals surface area contributed by atoms with Crippen LogP contribution >= 0.6 is 0 Å². The fraction of sp³-hybridized carbons (Fsp3) is 0.278. The second-order valence-corrected chi connectivity index (χ2v) is 6.28. The number of aryl methyl sites for hydroxylation is 1. The molecule has 0 unspecified atom stereocenters. The third-order valence-corrected chi connectivity index (χ3v) is 4.05. The van der Waals surface area contributed by atoms with Crippen LogP contribution < -0.4 is 15.2 Å². The van der Waals surface area contributed by atoms with Crippen molar-refractivity contribution in [2.75, 3.05) is 21.3 Å². The molecule has 3 aromatic rings. The number of carbonyl (C=O) groups excluding carboxylic acids is 1. The molecule has 3 rings (SSSR count). The van der Waals surface area contributed by atoms with Crippen LogP contribution in [0.25, 0.3) is 5.95 Å². The third-order valence-electron chi connectivity index (χ3n) is 3.76. The lowest BCUT2D eigenvalue weighted by Gasteiger charge is -2.04. The maximum atomic E-state index is 12.2. The van der Waals surface area contributed by atoms with Crippen molar-refractivity contribution in [3.8, 4) is 17.7 Å². The zero-order valence-electron chi connectivity index (χ0n) is 17.6. The fourth-order valence-corrected chi connectivity index (χ4v) is 2.59. The molecule has 0 aliphatic carbocycles. The van der Waals surface area contributed by atoms with Crippen LogP contribution in [-0.4, -0.2) is 60.1 Å². The van der Waals surface area contributed by atoms with Gasteiger partial charge in [0.25, 0.3) is 5.95 Å². The van der Waals surface area contributed by atoms with Crippen molar-refractivity contribution in [2.24, 2.45) is 4.47 Å². The molecule has 2 heterocycles. The number of rotatable bonds is 6. The van der Waals surface area contributed by atoms with Crippen molar-refractivity contribution < 1.29 is 27.4 Å². The van der Waals surface area contributed by atoms with E-state index < -0.39 is 16.2 Å². The van der Waals surface area contributed by atoms with Gasteiger partial charge in [0.15, 0.2) is 5.82 Å². The van der Waals surface area contributed by atoms with Crippen LogP contribution in [0, 0.1) is 0 Å². The predicted molar refractivity (Wildman–Crippen MR) is 110 cm³/mol. The number of methoxy groups -OCH3 is 3. The Kier molecular flexibility index (Phi) is 8.59. The SMILES string of the molecule is CCc1nn(-c2nc(OC)cc(OC)n2)c(=O)n1N=S(=O)=O.COC(=O)c1ccccc1. The van der Waals surface area contributed by atoms with Crippen molar-refractivity contribution >= 4 is 16.5 Å². The average molecular weight is 464 g/mol. The van der Waals surface area contributed by atoms with E-state index in [0.29, 0.717) is 10.2 Å². The summed E-state index contributed by atoms with van der Waals surface area (Å²) in [5.74, 6) is 0.0399. The Balaban J connectivity index is 0.000000303. The Morgan fingerprint density at radius 2 is 1.66 bits per heavy atom. The van der Waals surface area contributed by atoms with Gasteiger partial charge < -0.3 is 14.2 Å². The molecule has 170 valence electrons. The van der Waals surface area contributed by atoms with Gasteiger partial charge >= 0.3 is 22.2 Å². The molecule has 13 nitrogen and oxygen atoms in total. The van der Waals surface area contributed by atoms with E-state index in [1.807, 2.05) is 6.07 Å². The number of hydrogen-bond donors (Lipinski definition) is 0. The summed E-state index contributed by atoms with van der Waals surface area (Å²) in [5, 5.41) is 3.97. The molecule has 0 atom stereocenters. The van der Waals surface area contributed by atoms with Crippen molar-refractivity contribution in [1.82, 2.24) is 24.4 Å². The highest BCUT2D eigenvalue weighted by Crippen LogP contribution is 2.16. The number of carbonyl (C=O) groups is 1. The van der Waals surface area contributed by atoms with Gasteiger partial charge in [0.05, 0.1) is 33.0 Å². The Hall–Kier alpha value is -4.07. The van der Waals surface area contributed by atoms with Gasteiger partial charge in [0.1, 0.15) is 0 Å². The second-order valence-electron chi connectivity index (χ2n) is 5.68. The molecular formula is C18H20N6O7S. The van der Waals surface area contributed by atoms with Gasteiger partial charge in [-0.05, 0) is 16.6 Å². The van der Waals surface area contributed by atoms with Crippen LogP contribution in [0.3, 0.4) is 0 Å². The van der Waals surface area contributed by atoms with E-state index >= 15 is 0 Å². The minimum atomic E-state index is -2.80. The summed E-state index contributed by atoms with van der Waals surface area (Å²) in [7, 11) is 1.35. The molecule has 0 bridgehead atoms. The Bertz CT molecular complexity index is 1240. The number of benzene rings is 1. The summed E-state index contributed by atoms with van der Waals surface area (Å²) in [5.41, 5.74) is -0.235. The Morgan fingerprint density at radius 3 is 2.12 bits per heavy atom. The third kappa shape index (κ3) is 5.98. The lowest BCUT2D eigenvalue weighted by atomic mass is 10.2. The predicted octanol–water partition coefficient (Wildman–Crippen LogP) is 0.703. The Morgan fingerprint density at radius 1 is 1.06 bits per heavy atom. The summed E-state index contributed by atoms with van der Waals surface area (Å²) >= 11 is 0. The van der Waals surface area contributed by atoms with E-state index in [0.717, 1.165) is 4.68 Å². The van der Waals surface area contributed by atoms with E-state index in [1.165, 1.54) is 27.4 Å². The highest BCUT2D eigenvalue weighted by atomic mass is 32.2. The zero-order chi connectivity index (χ0) is 23.7. The molecule has 0 aliphatic rings. The molecule has 0 radical (unpaired) electrons. The van der Waals surface area contributed by atoms with Gasteiger partial charge in [-0.1, -0.05) is 25.1 Å². The molecule has 32 heavy (non-hydrogen) atoms. The molecule has 1 aromatic carbocycles. The van der Waals surface area contributed by atoms with Gasteiger partial charge in [-0.3, -0.25) is 0 Å². The highest BCUT2D eigenvalue weighted by molar-refractivity contribution is 7.61. The number of aromatic nitrogens is 5.